The molecular weight excluding hydrogens is 281 g/mol. The number of nitrogens with one attached hydrogen (secondary N) is 1. The van der Waals surface area contributed by atoms with Gasteiger partial charge in [0.25, 0.3) is 0 Å². The quantitative estimate of drug-likeness (QED) is 0.897. The van der Waals surface area contributed by atoms with Gasteiger partial charge in [-0.05, 0) is 31.0 Å². The van der Waals surface area contributed by atoms with Crippen LogP contribution in [0.15, 0.2) is 24.4 Å². The largest absolute Gasteiger partial charge is 0.354 e. The van der Waals surface area contributed by atoms with Gasteiger partial charge in [-0.1, -0.05) is 36.2 Å². The summed E-state index contributed by atoms with van der Waals surface area (Å²) in [4.78, 5) is 8.79. The molecular formula is C14H15Cl2N3. The topological polar surface area (TPSA) is 37.8 Å². The van der Waals surface area contributed by atoms with E-state index in [1.807, 2.05) is 25.3 Å². The molecule has 1 N–H and O–H groups in total. The van der Waals surface area contributed by atoms with E-state index in [4.69, 9.17) is 23.2 Å². The molecule has 0 saturated heterocycles. The maximum atomic E-state index is 6.05. The van der Waals surface area contributed by atoms with Crippen molar-refractivity contribution < 1.29 is 0 Å². The predicted molar refractivity (Wildman–Crippen MR) is 81.0 cm³/mol. The first-order valence-electron chi connectivity index (χ1n) is 6.14. The third-order valence-corrected chi connectivity index (χ3v) is 3.44. The zero-order valence-corrected chi connectivity index (χ0v) is 12.4. The third-order valence-electron chi connectivity index (χ3n) is 2.70. The number of nitrogens with zero attached hydrogens (tertiary/aromatic N) is 2. The second-order valence-electron chi connectivity index (χ2n) is 4.28. The fourth-order valence-corrected chi connectivity index (χ4v) is 2.00. The molecule has 0 fully saturated rings. The maximum absolute atomic E-state index is 6.05. The summed E-state index contributed by atoms with van der Waals surface area (Å²) in [5.41, 5.74) is 2.81. The number of aryl methyl sites for hydroxylation is 1. The highest BCUT2D eigenvalue weighted by atomic mass is 35.5. The van der Waals surface area contributed by atoms with Gasteiger partial charge in [0.05, 0.1) is 15.7 Å². The zero-order valence-electron chi connectivity index (χ0n) is 10.9. The molecule has 19 heavy (non-hydrogen) atoms. The van der Waals surface area contributed by atoms with Crippen LogP contribution in [-0.4, -0.2) is 16.5 Å². The van der Waals surface area contributed by atoms with Crippen molar-refractivity contribution in [2.24, 2.45) is 0 Å². The molecule has 5 heteroatoms. The minimum Gasteiger partial charge on any atom is -0.354 e. The normalized spacial score (nSPS) is 10.5. The SMILES string of the molecule is CCCNc1ncc(C)c(-c2ccc(Cl)c(Cl)c2)n1. The zero-order chi connectivity index (χ0) is 13.8. The lowest BCUT2D eigenvalue weighted by atomic mass is 10.1. The Morgan fingerprint density at radius 3 is 2.68 bits per heavy atom. The molecule has 1 aromatic carbocycles. The molecule has 0 saturated carbocycles. The molecule has 0 amide bonds. The van der Waals surface area contributed by atoms with E-state index >= 15 is 0 Å². The Hall–Kier alpha value is -1.32. The average Bonchev–Trinajstić information content (AvgIpc) is 2.41. The Morgan fingerprint density at radius 2 is 2.00 bits per heavy atom. The van der Waals surface area contributed by atoms with Crippen molar-refractivity contribution in [1.29, 1.82) is 0 Å². The van der Waals surface area contributed by atoms with Gasteiger partial charge in [-0.3, -0.25) is 0 Å². The molecule has 0 aliphatic rings. The third kappa shape index (κ3) is 3.37. The molecule has 100 valence electrons. The molecule has 2 aromatic rings. The summed E-state index contributed by atoms with van der Waals surface area (Å²) < 4.78 is 0. The predicted octanol–water partition coefficient (Wildman–Crippen LogP) is 4.58. The second-order valence-corrected chi connectivity index (χ2v) is 5.10. The van der Waals surface area contributed by atoms with Crippen LogP contribution in [-0.2, 0) is 0 Å². The Kier molecular flexibility index (Phi) is 4.61. The second kappa shape index (κ2) is 6.22. The minimum atomic E-state index is 0.528. The number of hydrogen-bond acceptors (Lipinski definition) is 3. The molecule has 0 radical (unpaired) electrons. The van der Waals surface area contributed by atoms with Crippen LogP contribution >= 0.6 is 23.2 Å². The summed E-state index contributed by atoms with van der Waals surface area (Å²) in [6.07, 6.45) is 2.84. The van der Waals surface area contributed by atoms with E-state index < -0.39 is 0 Å². The standard InChI is InChI=1S/C14H15Cl2N3/c1-3-6-17-14-18-8-9(2)13(19-14)10-4-5-11(15)12(16)7-10/h4-5,7-8H,3,6H2,1-2H3,(H,17,18,19). The van der Waals surface area contributed by atoms with Gasteiger partial charge < -0.3 is 5.32 Å². The highest BCUT2D eigenvalue weighted by Gasteiger charge is 2.08. The summed E-state index contributed by atoms with van der Waals surface area (Å²) in [6, 6.07) is 5.51. The smallest absolute Gasteiger partial charge is 0.223 e. The fraction of sp³-hybridized carbons (Fsp3) is 0.286. The number of benzene rings is 1. The van der Waals surface area contributed by atoms with Crippen molar-refractivity contribution in [1.82, 2.24) is 9.97 Å². The van der Waals surface area contributed by atoms with E-state index in [2.05, 4.69) is 22.2 Å². The van der Waals surface area contributed by atoms with E-state index in [9.17, 15) is 0 Å². The van der Waals surface area contributed by atoms with Crippen molar-refractivity contribution in [3.8, 4) is 11.3 Å². The summed E-state index contributed by atoms with van der Waals surface area (Å²) in [7, 11) is 0. The first kappa shape index (κ1) is 14.1. The van der Waals surface area contributed by atoms with Crippen LogP contribution in [0.5, 0.6) is 0 Å². The molecule has 0 aliphatic heterocycles. The van der Waals surface area contributed by atoms with Crippen LogP contribution in [0.4, 0.5) is 5.95 Å². The Balaban J connectivity index is 2.39. The van der Waals surface area contributed by atoms with Gasteiger partial charge in [-0.25, -0.2) is 9.97 Å². The molecule has 0 unspecified atom stereocenters. The van der Waals surface area contributed by atoms with Crippen molar-refractivity contribution in [3.05, 3.63) is 40.0 Å². The molecule has 0 atom stereocenters. The first-order valence-corrected chi connectivity index (χ1v) is 6.90. The van der Waals surface area contributed by atoms with Crippen LogP contribution < -0.4 is 5.32 Å². The summed E-state index contributed by atoms with van der Waals surface area (Å²) in [5, 5.41) is 4.25. The van der Waals surface area contributed by atoms with E-state index in [1.54, 1.807) is 6.07 Å². The molecule has 0 bridgehead atoms. The number of rotatable bonds is 4. The summed E-state index contributed by atoms with van der Waals surface area (Å²) in [6.45, 7) is 4.92. The van der Waals surface area contributed by atoms with Crippen molar-refractivity contribution in [2.75, 3.05) is 11.9 Å². The number of aromatic nitrogens is 2. The minimum absolute atomic E-state index is 0.528. The van der Waals surface area contributed by atoms with Gasteiger partial charge in [0.2, 0.25) is 5.95 Å². The van der Waals surface area contributed by atoms with Gasteiger partial charge in [0, 0.05) is 18.3 Å². The maximum Gasteiger partial charge on any atom is 0.223 e. The molecule has 3 nitrogen and oxygen atoms in total. The van der Waals surface area contributed by atoms with Gasteiger partial charge >= 0.3 is 0 Å². The fourth-order valence-electron chi connectivity index (χ4n) is 1.70. The van der Waals surface area contributed by atoms with Gasteiger partial charge in [0.1, 0.15) is 0 Å². The van der Waals surface area contributed by atoms with E-state index in [1.165, 1.54) is 0 Å². The van der Waals surface area contributed by atoms with Crippen LogP contribution in [0.1, 0.15) is 18.9 Å². The summed E-state index contributed by atoms with van der Waals surface area (Å²) in [5.74, 6) is 0.633. The molecule has 0 aliphatic carbocycles. The van der Waals surface area contributed by atoms with Crippen LogP contribution in [0, 0.1) is 6.92 Å². The number of halogens is 2. The lowest BCUT2D eigenvalue weighted by Crippen LogP contribution is -2.05. The molecule has 0 spiro atoms. The Labute approximate surface area is 123 Å². The van der Waals surface area contributed by atoms with Crippen molar-refractivity contribution in [3.63, 3.8) is 0 Å². The van der Waals surface area contributed by atoms with Gasteiger partial charge in [-0.15, -0.1) is 0 Å². The summed E-state index contributed by atoms with van der Waals surface area (Å²) >= 11 is 12.0. The van der Waals surface area contributed by atoms with Crippen molar-refractivity contribution >= 4 is 29.2 Å². The van der Waals surface area contributed by atoms with Crippen LogP contribution in [0.2, 0.25) is 10.0 Å². The first-order chi connectivity index (χ1) is 9.11. The van der Waals surface area contributed by atoms with Crippen LogP contribution in [0.25, 0.3) is 11.3 Å². The Bertz CT molecular complexity index is 585. The van der Waals surface area contributed by atoms with E-state index in [0.717, 1.165) is 29.8 Å². The highest BCUT2D eigenvalue weighted by molar-refractivity contribution is 6.42. The van der Waals surface area contributed by atoms with Crippen LogP contribution in [0.3, 0.4) is 0 Å². The monoisotopic (exact) mass is 295 g/mol. The van der Waals surface area contributed by atoms with Gasteiger partial charge in [-0.2, -0.15) is 0 Å². The molecule has 1 heterocycles. The number of anilines is 1. The number of hydrogen-bond donors (Lipinski definition) is 1. The highest BCUT2D eigenvalue weighted by Crippen LogP contribution is 2.29. The molecule has 2 rings (SSSR count). The Morgan fingerprint density at radius 1 is 1.21 bits per heavy atom. The average molecular weight is 296 g/mol. The van der Waals surface area contributed by atoms with Crippen molar-refractivity contribution in [2.45, 2.75) is 20.3 Å². The lowest BCUT2D eigenvalue weighted by Gasteiger charge is -2.09. The molecule has 1 aromatic heterocycles. The van der Waals surface area contributed by atoms with E-state index in [-0.39, 0.29) is 0 Å². The van der Waals surface area contributed by atoms with E-state index in [0.29, 0.717) is 16.0 Å². The lowest BCUT2D eigenvalue weighted by molar-refractivity contribution is 0.951. The van der Waals surface area contributed by atoms with Gasteiger partial charge in [0.15, 0.2) is 0 Å².